The molecular formula is C14H22O2. The van der Waals surface area contributed by atoms with Crippen LogP contribution >= 0.6 is 0 Å². The molecule has 0 spiro atoms. The zero-order valence-electron chi connectivity index (χ0n) is 10.7. The van der Waals surface area contributed by atoms with Crippen LogP contribution in [0.1, 0.15) is 40.5 Å². The minimum absolute atomic E-state index is 0.238. The van der Waals surface area contributed by atoms with Crippen LogP contribution in [0.15, 0.2) is 23.8 Å². The van der Waals surface area contributed by atoms with E-state index in [0.717, 1.165) is 6.42 Å². The summed E-state index contributed by atoms with van der Waals surface area (Å²) < 4.78 is 4.89. The van der Waals surface area contributed by atoms with Crippen LogP contribution in [-0.4, -0.2) is 12.6 Å². The highest BCUT2D eigenvalue weighted by atomic mass is 16.5. The van der Waals surface area contributed by atoms with E-state index in [0.29, 0.717) is 12.5 Å². The molecule has 0 aromatic heterocycles. The number of hydrogen-bond acceptors (Lipinski definition) is 2. The fraction of sp³-hybridized carbons (Fsp3) is 0.643. The van der Waals surface area contributed by atoms with Gasteiger partial charge in [-0.3, -0.25) is 0 Å². The van der Waals surface area contributed by atoms with Crippen molar-refractivity contribution in [3.05, 3.63) is 23.8 Å². The molecule has 16 heavy (non-hydrogen) atoms. The van der Waals surface area contributed by atoms with Gasteiger partial charge in [-0.2, -0.15) is 0 Å². The third kappa shape index (κ3) is 3.22. The van der Waals surface area contributed by atoms with Gasteiger partial charge in [0, 0.05) is 12.0 Å². The smallest absolute Gasteiger partial charge is 0.330 e. The molecule has 0 amide bonds. The summed E-state index contributed by atoms with van der Waals surface area (Å²) in [6.45, 7) is 8.90. The predicted molar refractivity (Wildman–Crippen MR) is 66.0 cm³/mol. The van der Waals surface area contributed by atoms with Crippen molar-refractivity contribution in [2.24, 2.45) is 11.3 Å². The lowest BCUT2D eigenvalue weighted by molar-refractivity contribution is -0.137. The van der Waals surface area contributed by atoms with Crippen molar-refractivity contribution in [2.75, 3.05) is 6.61 Å². The molecule has 1 unspecified atom stereocenters. The molecule has 0 saturated heterocycles. The first kappa shape index (κ1) is 13.0. The summed E-state index contributed by atoms with van der Waals surface area (Å²) in [5.74, 6) is 0.113. The molecule has 1 atom stereocenters. The van der Waals surface area contributed by atoms with Crippen LogP contribution in [0.4, 0.5) is 0 Å². The van der Waals surface area contributed by atoms with Gasteiger partial charge >= 0.3 is 5.97 Å². The second-order valence-corrected chi connectivity index (χ2v) is 5.06. The number of ether oxygens (including phenoxy) is 1. The van der Waals surface area contributed by atoms with Gasteiger partial charge in [-0.25, -0.2) is 4.79 Å². The Balaban J connectivity index is 2.73. The van der Waals surface area contributed by atoms with Crippen LogP contribution in [0.2, 0.25) is 0 Å². The molecule has 0 aromatic carbocycles. The molecular weight excluding hydrogens is 200 g/mol. The summed E-state index contributed by atoms with van der Waals surface area (Å²) in [6, 6.07) is 0. The van der Waals surface area contributed by atoms with E-state index in [1.165, 1.54) is 12.0 Å². The molecule has 2 nitrogen and oxygen atoms in total. The molecule has 0 aromatic rings. The Morgan fingerprint density at radius 1 is 1.62 bits per heavy atom. The van der Waals surface area contributed by atoms with Crippen molar-refractivity contribution in [1.82, 2.24) is 0 Å². The van der Waals surface area contributed by atoms with Gasteiger partial charge in [-0.15, -0.1) is 0 Å². The SMILES string of the molecule is CCOC(=O)C=CC1C(C)=CCCC1(C)C. The van der Waals surface area contributed by atoms with Crippen molar-refractivity contribution in [1.29, 1.82) is 0 Å². The molecule has 0 heterocycles. The molecule has 0 saturated carbocycles. The lowest BCUT2D eigenvalue weighted by atomic mass is 9.68. The quantitative estimate of drug-likeness (QED) is 0.415. The largest absolute Gasteiger partial charge is 0.463 e. The number of esters is 1. The number of hydrogen-bond donors (Lipinski definition) is 0. The molecule has 0 aliphatic heterocycles. The van der Waals surface area contributed by atoms with E-state index in [-0.39, 0.29) is 11.4 Å². The summed E-state index contributed by atoms with van der Waals surface area (Å²) in [4.78, 5) is 11.3. The minimum Gasteiger partial charge on any atom is -0.463 e. The minimum atomic E-state index is -0.239. The van der Waals surface area contributed by atoms with Gasteiger partial charge in [-0.05, 0) is 32.1 Å². The molecule has 90 valence electrons. The van der Waals surface area contributed by atoms with Crippen molar-refractivity contribution < 1.29 is 9.53 Å². The van der Waals surface area contributed by atoms with Gasteiger partial charge in [0.1, 0.15) is 0 Å². The molecule has 0 bridgehead atoms. The second-order valence-electron chi connectivity index (χ2n) is 5.06. The van der Waals surface area contributed by atoms with E-state index in [4.69, 9.17) is 4.74 Å². The third-order valence-electron chi connectivity index (χ3n) is 3.30. The molecule has 1 aliphatic rings. The van der Waals surface area contributed by atoms with E-state index in [1.807, 2.05) is 13.0 Å². The maximum atomic E-state index is 11.3. The summed E-state index contributed by atoms with van der Waals surface area (Å²) >= 11 is 0. The van der Waals surface area contributed by atoms with Gasteiger partial charge in [0.05, 0.1) is 6.61 Å². The highest BCUT2D eigenvalue weighted by molar-refractivity contribution is 5.82. The van der Waals surface area contributed by atoms with Crippen LogP contribution in [0.3, 0.4) is 0 Å². The zero-order valence-corrected chi connectivity index (χ0v) is 10.7. The molecule has 0 fully saturated rings. The Kier molecular flexibility index (Phi) is 4.34. The lowest BCUT2D eigenvalue weighted by Crippen LogP contribution is -2.26. The molecule has 2 heteroatoms. The Bertz CT molecular complexity index is 311. The highest BCUT2D eigenvalue weighted by Gasteiger charge is 2.30. The van der Waals surface area contributed by atoms with Gasteiger partial charge in [0.15, 0.2) is 0 Å². The first-order valence-corrected chi connectivity index (χ1v) is 5.99. The average Bonchev–Trinajstić information content (AvgIpc) is 2.16. The second kappa shape index (κ2) is 5.33. The maximum Gasteiger partial charge on any atom is 0.330 e. The highest BCUT2D eigenvalue weighted by Crippen LogP contribution is 2.41. The van der Waals surface area contributed by atoms with Gasteiger partial charge in [0.25, 0.3) is 0 Å². The number of allylic oxidation sites excluding steroid dienone is 3. The molecule has 0 radical (unpaired) electrons. The Hall–Kier alpha value is -1.05. The number of carbonyl (C=O) groups excluding carboxylic acids is 1. The first-order valence-electron chi connectivity index (χ1n) is 5.99. The number of rotatable bonds is 3. The summed E-state index contributed by atoms with van der Waals surface area (Å²) in [5.41, 5.74) is 1.60. The summed E-state index contributed by atoms with van der Waals surface area (Å²) in [5, 5.41) is 0. The normalized spacial score (nSPS) is 24.2. The molecule has 0 N–H and O–H groups in total. The lowest BCUT2D eigenvalue weighted by Gasteiger charge is -2.36. The average molecular weight is 222 g/mol. The monoisotopic (exact) mass is 222 g/mol. The van der Waals surface area contributed by atoms with E-state index >= 15 is 0 Å². The van der Waals surface area contributed by atoms with E-state index in [1.54, 1.807) is 6.08 Å². The van der Waals surface area contributed by atoms with Crippen molar-refractivity contribution in [3.63, 3.8) is 0 Å². The fourth-order valence-corrected chi connectivity index (χ4v) is 2.35. The van der Waals surface area contributed by atoms with E-state index in [2.05, 4.69) is 26.8 Å². The Morgan fingerprint density at radius 2 is 2.31 bits per heavy atom. The van der Waals surface area contributed by atoms with Crippen LogP contribution in [0.5, 0.6) is 0 Å². The molecule has 1 aliphatic carbocycles. The predicted octanol–water partition coefficient (Wildman–Crippen LogP) is 3.49. The van der Waals surface area contributed by atoms with Crippen LogP contribution < -0.4 is 0 Å². The standard InChI is InChI=1S/C14H22O2/c1-5-16-13(15)9-8-12-11(2)7-6-10-14(12,3)4/h7-9,12H,5-6,10H2,1-4H3. The van der Waals surface area contributed by atoms with Crippen molar-refractivity contribution >= 4 is 5.97 Å². The zero-order chi connectivity index (χ0) is 12.2. The fourth-order valence-electron chi connectivity index (χ4n) is 2.35. The molecule has 1 rings (SSSR count). The van der Waals surface area contributed by atoms with Gasteiger partial charge < -0.3 is 4.74 Å². The van der Waals surface area contributed by atoms with E-state index < -0.39 is 0 Å². The first-order chi connectivity index (χ1) is 7.47. The number of carbonyl (C=O) groups is 1. The van der Waals surface area contributed by atoms with Gasteiger partial charge in [-0.1, -0.05) is 31.6 Å². The van der Waals surface area contributed by atoms with Gasteiger partial charge in [0.2, 0.25) is 0 Å². The summed E-state index contributed by atoms with van der Waals surface area (Å²) in [6.07, 6.45) is 8.14. The van der Waals surface area contributed by atoms with Crippen LogP contribution in [0, 0.1) is 11.3 Å². The van der Waals surface area contributed by atoms with Crippen LogP contribution in [-0.2, 0) is 9.53 Å². The Labute approximate surface area is 98.4 Å². The van der Waals surface area contributed by atoms with Crippen molar-refractivity contribution in [2.45, 2.75) is 40.5 Å². The van der Waals surface area contributed by atoms with Crippen molar-refractivity contribution in [3.8, 4) is 0 Å². The summed E-state index contributed by atoms with van der Waals surface area (Å²) in [7, 11) is 0. The topological polar surface area (TPSA) is 26.3 Å². The maximum absolute atomic E-state index is 11.3. The Morgan fingerprint density at radius 3 is 2.88 bits per heavy atom. The van der Waals surface area contributed by atoms with E-state index in [9.17, 15) is 4.79 Å². The third-order valence-corrected chi connectivity index (χ3v) is 3.30. The van der Waals surface area contributed by atoms with Crippen LogP contribution in [0.25, 0.3) is 0 Å².